The Balaban J connectivity index is 1.60. The van der Waals surface area contributed by atoms with Crippen LogP contribution in [0, 0.1) is 17.6 Å². The third-order valence-corrected chi connectivity index (χ3v) is 6.20. The summed E-state index contributed by atoms with van der Waals surface area (Å²) < 4.78 is 36.1. The summed E-state index contributed by atoms with van der Waals surface area (Å²) in [5.74, 6) is -0.304. The minimum absolute atomic E-state index is 0.367. The van der Waals surface area contributed by atoms with Crippen LogP contribution in [0.3, 0.4) is 0 Å². The summed E-state index contributed by atoms with van der Waals surface area (Å²) in [5.41, 5.74) is 2.46. The summed E-state index contributed by atoms with van der Waals surface area (Å²) in [6.07, 6.45) is 6.46. The molecule has 32 heavy (non-hydrogen) atoms. The molecule has 0 bridgehead atoms. The predicted octanol–water partition coefficient (Wildman–Crippen LogP) is 6.65. The number of imidazole rings is 1. The van der Waals surface area contributed by atoms with Crippen LogP contribution in [0.5, 0.6) is 5.88 Å². The van der Waals surface area contributed by atoms with Gasteiger partial charge in [-0.05, 0) is 48.6 Å². The van der Waals surface area contributed by atoms with Crippen LogP contribution in [-0.4, -0.2) is 21.1 Å². The fourth-order valence-electron chi connectivity index (χ4n) is 4.35. The highest BCUT2D eigenvalue weighted by molar-refractivity contribution is 6.30. The van der Waals surface area contributed by atoms with Crippen LogP contribution in [0.15, 0.2) is 54.7 Å². The topological polar surface area (TPSA) is 39.9 Å². The maximum Gasteiger partial charge on any atom is 0.224 e. The van der Waals surface area contributed by atoms with Crippen LogP contribution in [0.1, 0.15) is 31.2 Å². The highest BCUT2D eigenvalue weighted by Gasteiger charge is 2.21. The summed E-state index contributed by atoms with van der Waals surface area (Å²) in [6.45, 7) is 0.982. The molecule has 0 unspecified atom stereocenters. The van der Waals surface area contributed by atoms with Gasteiger partial charge in [0.25, 0.3) is 0 Å². The van der Waals surface area contributed by atoms with Crippen LogP contribution in [0.2, 0.25) is 5.02 Å². The summed E-state index contributed by atoms with van der Waals surface area (Å²) in [7, 11) is 0. The van der Waals surface area contributed by atoms with Gasteiger partial charge < -0.3 is 9.30 Å². The third-order valence-electron chi connectivity index (χ3n) is 5.96. The van der Waals surface area contributed by atoms with E-state index in [1.807, 2.05) is 34.9 Å². The summed E-state index contributed by atoms with van der Waals surface area (Å²) >= 11 is 6.17. The van der Waals surface area contributed by atoms with Crippen LogP contribution >= 0.6 is 11.6 Å². The number of halogens is 3. The first kappa shape index (κ1) is 20.9. The van der Waals surface area contributed by atoms with E-state index in [2.05, 4.69) is 9.97 Å². The van der Waals surface area contributed by atoms with Gasteiger partial charge in [0.05, 0.1) is 23.2 Å². The number of benzene rings is 2. The third kappa shape index (κ3) is 4.19. The molecule has 2 aromatic carbocycles. The Bertz CT molecular complexity index is 1270. The van der Waals surface area contributed by atoms with Crippen molar-refractivity contribution in [2.45, 2.75) is 32.2 Å². The highest BCUT2D eigenvalue weighted by Crippen LogP contribution is 2.33. The van der Waals surface area contributed by atoms with Crippen LogP contribution in [0.4, 0.5) is 8.78 Å². The lowest BCUT2D eigenvalue weighted by atomic mass is 10.1. The van der Waals surface area contributed by atoms with Gasteiger partial charge in [-0.2, -0.15) is 0 Å². The van der Waals surface area contributed by atoms with E-state index in [1.165, 1.54) is 18.9 Å². The van der Waals surface area contributed by atoms with E-state index >= 15 is 0 Å². The first-order chi connectivity index (χ1) is 15.6. The van der Waals surface area contributed by atoms with Gasteiger partial charge in [-0.1, -0.05) is 36.6 Å². The van der Waals surface area contributed by atoms with Crippen molar-refractivity contribution in [1.82, 2.24) is 14.5 Å². The Hall–Kier alpha value is -2.99. The first-order valence-corrected chi connectivity index (χ1v) is 11.1. The molecule has 0 amide bonds. The number of pyridine rings is 1. The first-order valence-electron chi connectivity index (χ1n) is 10.8. The fraction of sp³-hybridized carbons (Fsp3) is 0.280. The number of hydrogen-bond donors (Lipinski definition) is 0. The molecular formula is C25H22ClF2N3O. The lowest BCUT2D eigenvalue weighted by Crippen LogP contribution is -2.10. The van der Waals surface area contributed by atoms with Crippen molar-refractivity contribution < 1.29 is 13.5 Å². The molecule has 4 aromatic rings. The Labute approximate surface area is 189 Å². The second kappa shape index (κ2) is 8.87. The number of aromatic nitrogens is 3. The molecule has 164 valence electrons. The van der Waals surface area contributed by atoms with Gasteiger partial charge >= 0.3 is 0 Å². The zero-order valence-corrected chi connectivity index (χ0v) is 18.2. The predicted molar refractivity (Wildman–Crippen MR) is 121 cm³/mol. The fourth-order valence-corrected chi connectivity index (χ4v) is 4.57. The molecular weight excluding hydrogens is 432 g/mol. The Morgan fingerprint density at radius 2 is 1.84 bits per heavy atom. The molecule has 0 atom stereocenters. The average Bonchev–Trinajstić information content (AvgIpc) is 3.42. The monoisotopic (exact) mass is 453 g/mol. The zero-order valence-electron chi connectivity index (χ0n) is 17.4. The Morgan fingerprint density at radius 3 is 2.66 bits per heavy atom. The van der Waals surface area contributed by atoms with E-state index < -0.39 is 11.6 Å². The standard InChI is InChI=1S/C25H22ClF2N3O/c26-18-8-3-7-17(11-18)14-31-23-13-21(28)20(27)12-22(23)30-24(31)19-9-4-10-29-25(19)32-15-16-5-1-2-6-16/h3-4,7-13,16H,1-2,5-6,14-15H2. The SMILES string of the molecule is Fc1cc2nc(-c3cccnc3OCC3CCCC3)n(Cc3cccc(Cl)c3)c2cc1F. The Morgan fingerprint density at radius 1 is 1.03 bits per heavy atom. The molecule has 0 aliphatic heterocycles. The van der Waals surface area contributed by atoms with Crippen molar-refractivity contribution >= 4 is 22.6 Å². The van der Waals surface area contributed by atoms with Crippen LogP contribution in [0.25, 0.3) is 22.4 Å². The number of fused-ring (bicyclic) bond motifs is 1. The molecule has 7 heteroatoms. The van der Waals surface area contributed by atoms with Crippen molar-refractivity contribution in [3.05, 3.63) is 76.9 Å². The molecule has 0 saturated heterocycles. The molecule has 0 N–H and O–H groups in total. The zero-order chi connectivity index (χ0) is 22.1. The van der Waals surface area contributed by atoms with Crippen molar-refractivity contribution in [1.29, 1.82) is 0 Å². The van der Waals surface area contributed by atoms with Gasteiger partial charge in [0.15, 0.2) is 11.6 Å². The van der Waals surface area contributed by atoms with Gasteiger partial charge in [-0.25, -0.2) is 18.7 Å². The van der Waals surface area contributed by atoms with Crippen molar-refractivity contribution in [2.24, 2.45) is 5.92 Å². The molecule has 4 nitrogen and oxygen atoms in total. The molecule has 5 rings (SSSR count). The summed E-state index contributed by atoms with van der Waals surface area (Å²) in [5, 5.41) is 0.604. The second-order valence-electron chi connectivity index (χ2n) is 8.22. The van der Waals surface area contributed by atoms with E-state index in [9.17, 15) is 8.78 Å². The summed E-state index contributed by atoms with van der Waals surface area (Å²) in [6, 6.07) is 13.4. The number of hydrogen-bond acceptors (Lipinski definition) is 3. The molecule has 0 spiro atoms. The Kier molecular flexibility index (Phi) is 5.79. The van der Waals surface area contributed by atoms with Crippen molar-refractivity contribution in [2.75, 3.05) is 6.61 Å². The van der Waals surface area contributed by atoms with Gasteiger partial charge in [0, 0.05) is 29.9 Å². The van der Waals surface area contributed by atoms with Gasteiger partial charge in [-0.15, -0.1) is 0 Å². The van der Waals surface area contributed by atoms with Gasteiger partial charge in [-0.3, -0.25) is 0 Å². The molecule has 1 saturated carbocycles. The van der Waals surface area contributed by atoms with E-state index in [1.54, 1.807) is 12.3 Å². The average molecular weight is 454 g/mol. The number of rotatable bonds is 6. The molecule has 1 aliphatic rings. The van der Waals surface area contributed by atoms with Gasteiger partial charge in [0.2, 0.25) is 5.88 Å². The molecule has 1 aliphatic carbocycles. The molecule has 2 heterocycles. The molecule has 2 aromatic heterocycles. The van der Waals surface area contributed by atoms with E-state index in [-0.39, 0.29) is 0 Å². The minimum Gasteiger partial charge on any atom is -0.477 e. The van der Waals surface area contributed by atoms with E-state index in [0.717, 1.165) is 24.5 Å². The lowest BCUT2D eigenvalue weighted by Gasteiger charge is -2.15. The summed E-state index contributed by atoms with van der Waals surface area (Å²) in [4.78, 5) is 9.09. The quantitative estimate of drug-likeness (QED) is 0.328. The lowest BCUT2D eigenvalue weighted by molar-refractivity contribution is 0.244. The number of ether oxygens (including phenoxy) is 1. The largest absolute Gasteiger partial charge is 0.477 e. The van der Waals surface area contributed by atoms with Gasteiger partial charge in [0.1, 0.15) is 5.82 Å². The van der Waals surface area contributed by atoms with E-state index in [4.69, 9.17) is 16.3 Å². The van der Waals surface area contributed by atoms with Crippen LogP contribution < -0.4 is 4.74 Å². The number of nitrogens with zero attached hydrogens (tertiary/aromatic N) is 3. The van der Waals surface area contributed by atoms with Crippen LogP contribution in [-0.2, 0) is 6.54 Å². The normalized spacial score (nSPS) is 14.3. The smallest absolute Gasteiger partial charge is 0.224 e. The molecule has 1 fully saturated rings. The second-order valence-corrected chi connectivity index (χ2v) is 8.66. The maximum absolute atomic E-state index is 14.1. The molecule has 0 radical (unpaired) electrons. The van der Waals surface area contributed by atoms with E-state index in [0.29, 0.717) is 52.4 Å². The maximum atomic E-state index is 14.1. The van der Waals surface area contributed by atoms with Crippen molar-refractivity contribution in [3.63, 3.8) is 0 Å². The van der Waals surface area contributed by atoms with Crippen molar-refractivity contribution in [3.8, 4) is 17.3 Å². The minimum atomic E-state index is -0.930. The highest BCUT2D eigenvalue weighted by atomic mass is 35.5.